The van der Waals surface area contributed by atoms with Crippen molar-refractivity contribution < 1.29 is 0 Å². The molecule has 0 aliphatic carbocycles. The molecule has 0 aliphatic rings. The summed E-state index contributed by atoms with van der Waals surface area (Å²) >= 11 is 5.94. The van der Waals surface area contributed by atoms with E-state index in [4.69, 9.17) is 11.6 Å². The van der Waals surface area contributed by atoms with Crippen molar-refractivity contribution in [2.75, 3.05) is 0 Å². The summed E-state index contributed by atoms with van der Waals surface area (Å²) in [5.74, 6) is 0. The molecule has 0 saturated heterocycles. The molecule has 3 aromatic heterocycles. The summed E-state index contributed by atoms with van der Waals surface area (Å²) in [5, 5.41) is 5.67. The van der Waals surface area contributed by atoms with Crippen LogP contribution >= 0.6 is 11.6 Å². The highest BCUT2D eigenvalue weighted by molar-refractivity contribution is 6.29. The van der Waals surface area contributed by atoms with Gasteiger partial charge in [0.25, 0.3) is 5.56 Å². The first kappa shape index (κ1) is 13.0. The fourth-order valence-electron chi connectivity index (χ4n) is 2.61. The van der Waals surface area contributed by atoms with Crippen molar-refractivity contribution in [2.24, 2.45) is 7.05 Å². The van der Waals surface area contributed by atoms with Gasteiger partial charge in [0.05, 0.1) is 16.6 Å². The number of fused-ring (bicyclic) bond motifs is 3. The second-order valence-corrected chi connectivity index (χ2v) is 5.44. The highest BCUT2D eigenvalue weighted by Gasteiger charge is 2.12. The molecular formula is C16H11ClN4O. The minimum Gasteiger partial charge on any atom is -0.296 e. The summed E-state index contributed by atoms with van der Waals surface area (Å²) < 4.78 is 3.38. The van der Waals surface area contributed by atoms with Gasteiger partial charge in [-0.05, 0) is 24.3 Å². The fraction of sp³-hybridized carbons (Fsp3) is 0.0625. The fourth-order valence-corrected chi connectivity index (χ4v) is 2.79. The third-order valence-electron chi connectivity index (χ3n) is 3.72. The molecule has 108 valence electrons. The van der Waals surface area contributed by atoms with E-state index in [0.717, 1.165) is 22.4 Å². The zero-order valence-electron chi connectivity index (χ0n) is 11.7. The molecule has 0 unspecified atom stereocenters. The van der Waals surface area contributed by atoms with Gasteiger partial charge in [0, 0.05) is 24.9 Å². The third-order valence-corrected chi connectivity index (χ3v) is 3.93. The van der Waals surface area contributed by atoms with Gasteiger partial charge >= 0.3 is 0 Å². The largest absolute Gasteiger partial charge is 0.296 e. The van der Waals surface area contributed by atoms with Crippen LogP contribution in [0.1, 0.15) is 0 Å². The van der Waals surface area contributed by atoms with Crippen molar-refractivity contribution in [1.29, 1.82) is 0 Å². The lowest BCUT2D eigenvalue weighted by Crippen LogP contribution is -2.19. The standard InChI is InChI=1S/C16H11ClN4O/c1-20-15-9-12(10-6-7-18-14(17)8-10)19-21(15)13-5-3-2-4-11(13)16(20)22/h2-9H,1H3. The van der Waals surface area contributed by atoms with Crippen molar-refractivity contribution in [2.45, 2.75) is 0 Å². The highest BCUT2D eigenvalue weighted by atomic mass is 35.5. The smallest absolute Gasteiger partial charge is 0.261 e. The molecule has 0 aliphatic heterocycles. The minimum atomic E-state index is -0.0395. The molecule has 0 radical (unpaired) electrons. The van der Waals surface area contributed by atoms with E-state index in [-0.39, 0.29) is 5.56 Å². The van der Waals surface area contributed by atoms with Crippen LogP contribution in [0.25, 0.3) is 27.8 Å². The van der Waals surface area contributed by atoms with Crippen LogP contribution in [0.5, 0.6) is 0 Å². The molecule has 0 N–H and O–H groups in total. The maximum Gasteiger partial charge on any atom is 0.261 e. The summed E-state index contributed by atoms with van der Waals surface area (Å²) in [7, 11) is 1.75. The van der Waals surface area contributed by atoms with Crippen LogP contribution in [0.2, 0.25) is 5.15 Å². The van der Waals surface area contributed by atoms with Crippen molar-refractivity contribution in [1.82, 2.24) is 19.2 Å². The second kappa shape index (κ2) is 4.68. The number of para-hydroxylation sites is 1. The van der Waals surface area contributed by atoms with E-state index >= 15 is 0 Å². The number of nitrogens with zero attached hydrogens (tertiary/aromatic N) is 4. The maximum absolute atomic E-state index is 12.4. The van der Waals surface area contributed by atoms with Crippen molar-refractivity contribution in [3.63, 3.8) is 0 Å². The first-order chi connectivity index (χ1) is 10.6. The third kappa shape index (κ3) is 1.83. The molecule has 0 bridgehead atoms. The Hall–Kier alpha value is -2.66. The number of hydrogen-bond donors (Lipinski definition) is 0. The molecule has 0 atom stereocenters. The molecule has 3 heterocycles. The van der Waals surface area contributed by atoms with Crippen molar-refractivity contribution in [3.05, 3.63) is 64.2 Å². The Bertz CT molecular complexity index is 1080. The molecule has 4 aromatic rings. The van der Waals surface area contributed by atoms with E-state index in [1.807, 2.05) is 36.4 Å². The lowest BCUT2D eigenvalue weighted by Gasteiger charge is -2.05. The number of halogens is 1. The number of aromatic nitrogens is 4. The van der Waals surface area contributed by atoms with Gasteiger partial charge in [0.2, 0.25) is 0 Å². The van der Waals surface area contributed by atoms with Gasteiger partial charge in [-0.15, -0.1) is 0 Å². The zero-order valence-corrected chi connectivity index (χ0v) is 12.4. The number of rotatable bonds is 1. The Morgan fingerprint density at radius 3 is 2.77 bits per heavy atom. The molecule has 0 saturated carbocycles. The summed E-state index contributed by atoms with van der Waals surface area (Å²) in [5.41, 5.74) is 3.08. The molecule has 1 aromatic carbocycles. The van der Waals surface area contributed by atoms with E-state index in [0.29, 0.717) is 10.5 Å². The van der Waals surface area contributed by atoms with Gasteiger partial charge in [0.1, 0.15) is 10.8 Å². The van der Waals surface area contributed by atoms with Crippen LogP contribution in [0.4, 0.5) is 0 Å². The van der Waals surface area contributed by atoms with Gasteiger partial charge in [-0.25, -0.2) is 9.50 Å². The summed E-state index contributed by atoms with van der Waals surface area (Å²) in [6, 6.07) is 12.9. The van der Waals surface area contributed by atoms with Gasteiger partial charge in [-0.2, -0.15) is 5.10 Å². The molecule has 4 rings (SSSR count). The van der Waals surface area contributed by atoms with Crippen LogP contribution in [0, 0.1) is 0 Å². The molecule has 0 amide bonds. The summed E-state index contributed by atoms with van der Waals surface area (Å²) in [6.07, 6.45) is 1.64. The zero-order chi connectivity index (χ0) is 15.3. The Balaban J connectivity index is 2.12. The van der Waals surface area contributed by atoms with Gasteiger partial charge in [-0.3, -0.25) is 9.36 Å². The quantitative estimate of drug-likeness (QED) is 0.508. The van der Waals surface area contributed by atoms with Crippen LogP contribution in [0.3, 0.4) is 0 Å². The Morgan fingerprint density at radius 1 is 1.14 bits per heavy atom. The topological polar surface area (TPSA) is 52.2 Å². The average Bonchev–Trinajstić information content (AvgIpc) is 2.98. The second-order valence-electron chi connectivity index (χ2n) is 5.05. The first-order valence-corrected chi connectivity index (χ1v) is 7.12. The number of aryl methyl sites for hydroxylation is 1. The van der Waals surface area contributed by atoms with Crippen LogP contribution < -0.4 is 5.56 Å². The van der Waals surface area contributed by atoms with Crippen LogP contribution in [-0.2, 0) is 7.05 Å². The average molecular weight is 311 g/mol. The SMILES string of the molecule is Cn1c(=O)c2ccccc2n2nc(-c3ccnc(Cl)c3)cc12. The van der Waals surface area contributed by atoms with Crippen molar-refractivity contribution in [3.8, 4) is 11.3 Å². The first-order valence-electron chi connectivity index (χ1n) is 6.74. The van der Waals surface area contributed by atoms with Gasteiger partial charge < -0.3 is 0 Å². The summed E-state index contributed by atoms with van der Waals surface area (Å²) in [6.45, 7) is 0. The Kier molecular flexibility index (Phi) is 2.77. The molecular weight excluding hydrogens is 300 g/mol. The van der Waals surface area contributed by atoms with Gasteiger partial charge in [-0.1, -0.05) is 23.7 Å². The lowest BCUT2D eigenvalue weighted by molar-refractivity contribution is 0.850. The molecule has 5 nitrogen and oxygen atoms in total. The van der Waals surface area contributed by atoms with E-state index < -0.39 is 0 Å². The molecule has 22 heavy (non-hydrogen) atoms. The van der Waals surface area contributed by atoms with Crippen molar-refractivity contribution >= 4 is 28.2 Å². The lowest BCUT2D eigenvalue weighted by atomic mass is 10.2. The monoisotopic (exact) mass is 310 g/mol. The number of hydrogen-bond acceptors (Lipinski definition) is 3. The van der Waals surface area contributed by atoms with Crippen LogP contribution in [0.15, 0.2) is 53.5 Å². The predicted molar refractivity (Wildman–Crippen MR) is 86.2 cm³/mol. The Labute approximate surface area is 130 Å². The number of pyridine rings is 1. The Morgan fingerprint density at radius 2 is 1.95 bits per heavy atom. The van der Waals surface area contributed by atoms with E-state index in [2.05, 4.69) is 10.1 Å². The molecule has 6 heteroatoms. The maximum atomic E-state index is 12.4. The summed E-state index contributed by atoms with van der Waals surface area (Å²) in [4.78, 5) is 16.4. The van der Waals surface area contributed by atoms with Gasteiger partial charge in [0.15, 0.2) is 0 Å². The van der Waals surface area contributed by atoms with E-state index in [1.54, 1.807) is 28.4 Å². The van der Waals surface area contributed by atoms with E-state index in [1.165, 1.54) is 0 Å². The van der Waals surface area contributed by atoms with Crippen LogP contribution in [-0.4, -0.2) is 19.2 Å². The normalized spacial score (nSPS) is 11.4. The molecule has 0 spiro atoms. The molecule has 0 fully saturated rings. The number of benzene rings is 1. The van der Waals surface area contributed by atoms with E-state index in [9.17, 15) is 4.79 Å². The minimum absolute atomic E-state index is 0.0395. The predicted octanol–water partition coefficient (Wildman–Crippen LogP) is 2.90. The highest BCUT2D eigenvalue weighted by Crippen LogP contribution is 2.23.